The topological polar surface area (TPSA) is 77.3 Å². The van der Waals surface area contributed by atoms with E-state index in [1.807, 2.05) is 78.9 Å². The number of rotatable bonds is 12. The molecule has 1 unspecified atom stereocenters. The minimum absolute atomic E-state index is 0.143. The first kappa shape index (κ1) is 56.1. The zero-order valence-corrected chi connectivity index (χ0v) is 52.3. The molecule has 0 aliphatic heterocycles. The molecule has 444 valence electrons. The maximum absolute atomic E-state index is 5.27. The summed E-state index contributed by atoms with van der Waals surface area (Å²) in [5.74, 6) is 3.81. The average molecular weight is 1200 g/mol. The van der Waals surface area contributed by atoms with E-state index in [0.717, 1.165) is 62.1 Å². The van der Waals surface area contributed by atoms with Gasteiger partial charge in [0.05, 0.1) is 0 Å². The highest BCUT2D eigenvalue weighted by molar-refractivity contribution is 6.07. The molecule has 0 N–H and O–H groups in total. The standard InChI is InChI=1S/C88H62N6/c1-87(2)75-34-17-15-31-72(75)79-71-30-14-13-28-68(71)54-74(80(79)87)62-47-39-58(40-48-62)60-43-51-67(52-44-60)85-92-83(65-26-11-6-12-27-65)93-86(94-85)69-29-19-21-56(53-69)55-88(3)76-35-18-16-32-73(76)78-70(33-20-36-77(78)88)61-45-37-57(38-46-61)59-41-49-66(50-42-59)84-90-81(63-22-7-4-8-23-63)89-82(91-84)64-24-9-5-10-25-64/h4-54H,55H2,1-3H3. The number of benzene rings is 13. The van der Waals surface area contributed by atoms with Crippen LogP contribution >= 0.6 is 0 Å². The molecule has 2 aliphatic carbocycles. The van der Waals surface area contributed by atoms with Crippen molar-refractivity contribution in [3.8, 4) is 135 Å². The summed E-state index contributed by atoms with van der Waals surface area (Å²) in [6, 6.07) is 110. The van der Waals surface area contributed by atoms with Gasteiger partial charge in [-0.2, -0.15) is 0 Å². The van der Waals surface area contributed by atoms with E-state index >= 15 is 0 Å². The second kappa shape index (κ2) is 22.8. The van der Waals surface area contributed by atoms with Crippen LogP contribution in [0.5, 0.6) is 0 Å². The van der Waals surface area contributed by atoms with Gasteiger partial charge in [0, 0.05) is 44.2 Å². The molecular formula is C88H62N6. The molecule has 2 heterocycles. The lowest BCUT2D eigenvalue weighted by Crippen LogP contribution is -2.24. The van der Waals surface area contributed by atoms with Crippen LogP contribution in [-0.4, -0.2) is 29.9 Å². The van der Waals surface area contributed by atoms with Crippen LogP contribution < -0.4 is 0 Å². The van der Waals surface area contributed by atoms with Crippen LogP contribution in [0.1, 0.15) is 48.6 Å². The van der Waals surface area contributed by atoms with E-state index in [-0.39, 0.29) is 10.8 Å². The first-order valence-corrected chi connectivity index (χ1v) is 32.3. The van der Waals surface area contributed by atoms with Crippen LogP contribution in [-0.2, 0) is 17.3 Å². The maximum atomic E-state index is 5.27. The highest BCUT2D eigenvalue weighted by atomic mass is 15.0. The van der Waals surface area contributed by atoms with Crippen LogP contribution in [0.3, 0.4) is 0 Å². The number of fused-ring (bicyclic) bond motifs is 8. The van der Waals surface area contributed by atoms with Gasteiger partial charge >= 0.3 is 0 Å². The molecule has 6 heteroatoms. The molecule has 0 radical (unpaired) electrons. The fourth-order valence-corrected chi connectivity index (χ4v) is 14.8. The largest absolute Gasteiger partial charge is 0.208 e. The zero-order chi connectivity index (χ0) is 62.9. The van der Waals surface area contributed by atoms with E-state index < -0.39 is 0 Å². The van der Waals surface area contributed by atoms with Gasteiger partial charge in [0.1, 0.15) is 0 Å². The summed E-state index contributed by atoms with van der Waals surface area (Å²) < 4.78 is 0. The molecule has 6 nitrogen and oxygen atoms in total. The van der Waals surface area contributed by atoms with Gasteiger partial charge in [-0.05, 0) is 124 Å². The third kappa shape index (κ3) is 9.81. The Balaban J connectivity index is 0.649. The molecule has 94 heavy (non-hydrogen) atoms. The fraction of sp³-hybridized carbons (Fsp3) is 0.0682. The van der Waals surface area contributed by atoms with Crippen molar-refractivity contribution in [3.05, 3.63) is 337 Å². The maximum Gasteiger partial charge on any atom is 0.164 e. The minimum atomic E-state index is -0.327. The predicted octanol–water partition coefficient (Wildman–Crippen LogP) is 21.7. The number of hydrogen-bond donors (Lipinski definition) is 0. The Bertz CT molecular complexity index is 5340. The minimum Gasteiger partial charge on any atom is -0.208 e. The van der Waals surface area contributed by atoms with Gasteiger partial charge in [-0.15, -0.1) is 0 Å². The highest BCUT2D eigenvalue weighted by Crippen LogP contribution is 2.56. The van der Waals surface area contributed by atoms with Gasteiger partial charge in [0.2, 0.25) is 0 Å². The van der Waals surface area contributed by atoms with E-state index in [9.17, 15) is 0 Å². The molecule has 15 aromatic rings. The van der Waals surface area contributed by atoms with Gasteiger partial charge < -0.3 is 0 Å². The lowest BCUT2D eigenvalue weighted by molar-refractivity contribution is 0.583. The summed E-state index contributed by atoms with van der Waals surface area (Å²) in [7, 11) is 0. The summed E-state index contributed by atoms with van der Waals surface area (Å²) in [5, 5.41) is 2.57. The SMILES string of the molecule is CC1(C)c2ccccc2-c2c1c(-c1ccc(-c3ccc(-c4nc(-c5ccccc5)nc(-c5cccc(CC6(C)c7ccccc7-c7c(-c8ccc(-c9ccc(-c%10nc(-c%11ccccc%11)nc(-c%11ccccc%11)n%10)cc9)cc8)cccc76)c5)n4)cc3)cc1)cc1ccccc21. The van der Waals surface area contributed by atoms with Crippen molar-refractivity contribution in [3.63, 3.8) is 0 Å². The van der Waals surface area contributed by atoms with Crippen LogP contribution in [0.2, 0.25) is 0 Å². The van der Waals surface area contributed by atoms with Crippen molar-refractivity contribution < 1.29 is 0 Å². The van der Waals surface area contributed by atoms with Crippen LogP contribution in [0.25, 0.3) is 146 Å². The van der Waals surface area contributed by atoms with Crippen molar-refractivity contribution >= 4 is 10.8 Å². The Labute approximate surface area is 547 Å². The van der Waals surface area contributed by atoms with Crippen molar-refractivity contribution in [2.24, 2.45) is 0 Å². The monoisotopic (exact) mass is 1200 g/mol. The van der Waals surface area contributed by atoms with Gasteiger partial charge in [-0.1, -0.05) is 318 Å². The smallest absolute Gasteiger partial charge is 0.164 e. The van der Waals surface area contributed by atoms with Crippen molar-refractivity contribution in [1.82, 2.24) is 29.9 Å². The van der Waals surface area contributed by atoms with Crippen molar-refractivity contribution in [2.45, 2.75) is 38.0 Å². The van der Waals surface area contributed by atoms with E-state index in [4.69, 9.17) is 29.9 Å². The Kier molecular flexibility index (Phi) is 13.6. The summed E-state index contributed by atoms with van der Waals surface area (Å²) in [4.78, 5) is 30.4. The van der Waals surface area contributed by atoms with Crippen molar-refractivity contribution in [2.75, 3.05) is 0 Å². The Morgan fingerprint density at radius 2 is 0.596 bits per heavy atom. The molecule has 0 bridgehead atoms. The van der Waals surface area contributed by atoms with Crippen LogP contribution in [0, 0.1) is 0 Å². The van der Waals surface area contributed by atoms with Gasteiger partial charge in [0.15, 0.2) is 34.9 Å². The molecule has 1 atom stereocenters. The first-order valence-electron chi connectivity index (χ1n) is 32.3. The zero-order valence-electron chi connectivity index (χ0n) is 52.3. The first-order chi connectivity index (χ1) is 46.2. The molecule has 0 saturated heterocycles. The second-order valence-electron chi connectivity index (χ2n) is 25.6. The Morgan fingerprint density at radius 3 is 1.11 bits per heavy atom. The Hall–Kier alpha value is -11.9. The number of nitrogens with zero attached hydrogens (tertiary/aromatic N) is 6. The molecule has 13 aromatic carbocycles. The predicted molar refractivity (Wildman–Crippen MR) is 385 cm³/mol. The van der Waals surface area contributed by atoms with Gasteiger partial charge in [0.25, 0.3) is 0 Å². The highest BCUT2D eigenvalue weighted by Gasteiger charge is 2.41. The van der Waals surface area contributed by atoms with Gasteiger partial charge in [-0.3, -0.25) is 0 Å². The third-order valence-electron chi connectivity index (χ3n) is 19.4. The second-order valence-corrected chi connectivity index (χ2v) is 25.6. The fourth-order valence-electron chi connectivity index (χ4n) is 14.8. The lowest BCUT2D eigenvalue weighted by atomic mass is 9.75. The molecule has 0 spiro atoms. The molecule has 0 fully saturated rings. The summed E-state index contributed by atoms with van der Waals surface area (Å²) in [6.07, 6.45) is 0.775. The lowest BCUT2D eigenvalue weighted by Gasteiger charge is -2.28. The summed E-state index contributed by atoms with van der Waals surface area (Å²) in [5.41, 5.74) is 26.4. The molecule has 17 rings (SSSR count). The number of hydrogen-bond acceptors (Lipinski definition) is 6. The molecule has 2 aliphatic rings. The van der Waals surface area contributed by atoms with E-state index in [2.05, 4.69) is 251 Å². The van der Waals surface area contributed by atoms with Crippen LogP contribution in [0.15, 0.2) is 309 Å². The van der Waals surface area contributed by atoms with E-state index in [1.165, 1.54) is 83.1 Å². The van der Waals surface area contributed by atoms with E-state index in [0.29, 0.717) is 34.9 Å². The normalized spacial score (nSPS) is 14.1. The summed E-state index contributed by atoms with van der Waals surface area (Å²) in [6.45, 7) is 7.16. The molecular weight excluding hydrogens is 1140 g/mol. The average Bonchev–Trinajstić information content (AvgIpc) is 1.55. The Morgan fingerprint density at radius 1 is 0.245 bits per heavy atom. The molecule has 0 amide bonds. The van der Waals surface area contributed by atoms with Crippen LogP contribution in [0.4, 0.5) is 0 Å². The third-order valence-corrected chi connectivity index (χ3v) is 19.4. The van der Waals surface area contributed by atoms with Gasteiger partial charge in [-0.25, -0.2) is 29.9 Å². The quantitative estimate of drug-likeness (QED) is 0.121. The summed E-state index contributed by atoms with van der Waals surface area (Å²) >= 11 is 0. The van der Waals surface area contributed by atoms with E-state index in [1.54, 1.807) is 0 Å². The molecule has 2 aromatic heterocycles. The number of aromatic nitrogens is 6. The molecule has 0 saturated carbocycles. The van der Waals surface area contributed by atoms with Crippen molar-refractivity contribution in [1.29, 1.82) is 0 Å².